The molecule has 1 amide bonds. The van der Waals surface area contributed by atoms with Crippen LogP contribution in [-0.4, -0.2) is 34.1 Å². The molecule has 1 saturated carbocycles. The average Bonchev–Trinajstić information content (AvgIpc) is 2.89. The van der Waals surface area contributed by atoms with E-state index in [0.717, 1.165) is 22.0 Å². The Hall–Kier alpha value is -1.95. The zero-order chi connectivity index (χ0) is 16.7. The van der Waals surface area contributed by atoms with Crippen molar-refractivity contribution in [3.05, 3.63) is 35.5 Å². The Morgan fingerprint density at radius 2 is 2.17 bits per heavy atom. The van der Waals surface area contributed by atoms with E-state index < -0.39 is 17.4 Å². The number of aromatic nitrogens is 1. The molecule has 1 aliphatic carbocycles. The Kier molecular flexibility index (Phi) is 3.88. The third kappa shape index (κ3) is 2.61. The fourth-order valence-corrected chi connectivity index (χ4v) is 3.11. The van der Waals surface area contributed by atoms with Crippen molar-refractivity contribution < 1.29 is 18.7 Å². The number of aromatic amines is 1. The lowest BCUT2D eigenvalue weighted by Gasteiger charge is -2.41. The highest BCUT2D eigenvalue weighted by molar-refractivity contribution is 5.87. The first kappa shape index (κ1) is 15.9. The van der Waals surface area contributed by atoms with E-state index in [1.165, 1.54) is 0 Å². The third-order valence-corrected chi connectivity index (χ3v) is 4.73. The van der Waals surface area contributed by atoms with Crippen LogP contribution in [-0.2, 0) is 11.2 Å². The molecule has 1 aromatic carbocycles. The van der Waals surface area contributed by atoms with Gasteiger partial charge in [-0.1, -0.05) is 12.1 Å². The second-order valence-corrected chi connectivity index (χ2v) is 6.28. The van der Waals surface area contributed by atoms with E-state index in [1.807, 2.05) is 31.3 Å². The lowest BCUT2D eigenvalue weighted by Crippen LogP contribution is -2.60. The predicted octanol–water partition coefficient (Wildman–Crippen LogP) is 2.69. The molecule has 0 saturated heterocycles. The van der Waals surface area contributed by atoms with Crippen LogP contribution < -0.4 is 5.32 Å². The summed E-state index contributed by atoms with van der Waals surface area (Å²) in [6.45, 7) is 2.09. The van der Waals surface area contributed by atoms with Gasteiger partial charge in [-0.05, 0) is 49.8 Å². The molecule has 4 nitrogen and oxygen atoms in total. The molecule has 1 fully saturated rings. The number of rotatable bonds is 5. The topological polar surface area (TPSA) is 65.1 Å². The van der Waals surface area contributed by atoms with Crippen molar-refractivity contribution in [2.45, 2.75) is 44.1 Å². The highest BCUT2D eigenvalue weighted by Gasteiger charge is 2.60. The summed E-state index contributed by atoms with van der Waals surface area (Å²) in [7, 11) is 0. The van der Waals surface area contributed by atoms with Crippen molar-refractivity contribution in [3.8, 4) is 0 Å². The lowest BCUT2D eigenvalue weighted by molar-refractivity contribution is -0.215. The minimum atomic E-state index is -3.73. The summed E-state index contributed by atoms with van der Waals surface area (Å²) < 4.78 is 27.9. The Labute approximate surface area is 132 Å². The molecule has 0 radical (unpaired) electrons. The molecule has 23 heavy (non-hydrogen) atoms. The number of H-pyrrole nitrogens is 1. The first-order chi connectivity index (χ1) is 10.8. The van der Waals surface area contributed by atoms with Crippen LogP contribution in [0.4, 0.5) is 8.78 Å². The Morgan fingerprint density at radius 3 is 2.83 bits per heavy atom. The van der Waals surface area contributed by atoms with Crippen LogP contribution in [0, 0.1) is 6.92 Å². The van der Waals surface area contributed by atoms with Crippen molar-refractivity contribution >= 4 is 16.8 Å². The molecule has 2 aromatic rings. The van der Waals surface area contributed by atoms with Crippen molar-refractivity contribution in [1.29, 1.82) is 0 Å². The Morgan fingerprint density at radius 1 is 1.43 bits per heavy atom. The molecule has 0 bridgehead atoms. The molecule has 6 heteroatoms. The zero-order valence-corrected chi connectivity index (χ0v) is 13.0. The zero-order valence-electron chi connectivity index (χ0n) is 13.0. The van der Waals surface area contributed by atoms with Crippen LogP contribution in [0.3, 0.4) is 0 Å². The monoisotopic (exact) mass is 322 g/mol. The van der Waals surface area contributed by atoms with Crippen LogP contribution >= 0.6 is 0 Å². The maximum Gasteiger partial charge on any atom is 0.352 e. The number of carbonyl (C=O) groups excluding carboxylic acids is 1. The summed E-state index contributed by atoms with van der Waals surface area (Å²) >= 11 is 0. The number of fused-ring (bicyclic) bond motifs is 1. The highest BCUT2D eigenvalue weighted by atomic mass is 19.3. The summed E-state index contributed by atoms with van der Waals surface area (Å²) in [6, 6.07) is 5.88. The van der Waals surface area contributed by atoms with Gasteiger partial charge in [-0.2, -0.15) is 8.78 Å². The van der Waals surface area contributed by atoms with Crippen molar-refractivity contribution in [2.75, 3.05) is 6.54 Å². The highest BCUT2D eigenvalue weighted by Crippen LogP contribution is 2.44. The smallest absolute Gasteiger partial charge is 0.352 e. The van der Waals surface area contributed by atoms with Gasteiger partial charge >= 0.3 is 5.92 Å². The number of benzene rings is 1. The van der Waals surface area contributed by atoms with Gasteiger partial charge in [0.25, 0.3) is 5.91 Å². The summed E-state index contributed by atoms with van der Waals surface area (Å²) in [4.78, 5) is 14.9. The van der Waals surface area contributed by atoms with Gasteiger partial charge in [-0.3, -0.25) is 4.79 Å². The van der Waals surface area contributed by atoms with E-state index in [4.69, 9.17) is 0 Å². The largest absolute Gasteiger partial charge is 0.383 e. The van der Waals surface area contributed by atoms with Gasteiger partial charge in [0.1, 0.15) is 5.60 Å². The summed E-state index contributed by atoms with van der Waals surface area (Å²) in [5, 5.41) is 13.1. The second kappa shape index (κ2) is 5.60. The molecular weight excluding hydrogens is 302 g/mol. The normalized spacial score (nSPS) is 17.0. The molecule has 1 aromatic heterocycles. The SMILES string of the molecule is Cc1cccc2[nH]cc(CCNC(=O)C(F)(F)C3(O)CCC3)c12. The van der Waals surface area contributed by atoms with Gasteiger partial charge in [0.2, 0.25) is 0 Å². The van der Waals surface area contributed by atoms with Gasteiger partial charge in [-0.25, -0.2) is 0 Å². The van der Waals surface area contributed by atoms with Gasteiger partial charge in [0.05, 0.1) is 0 Å². The predicted molar refractivity (Wildman–Crippen MR) is 83.5 cm³/mol. The minimum Gasteiger partial charge on any atom is -0.383 e. The number of nitrogens with one attached hydrogen (secondary N) is 2. The molecule has 3 rings (SSSR count). The Bertz CT molecular complexity index is 735. The van der Waals surface area contributed by atoms with Crippen molar-refractivity contribution in [2.24, 2.45) is 0 Å². The fraction of sp³-hybridized carbons (Fsp3) is 0.471. The number of halogens is 2. The summed E-state index contributed by atoms with van der Waals surface area (Å²) in [5.41, 5.74) is 0.887. The quantitative estimate of drug-likeness (QED) is 0.792. The number of amides is 1. The van der Waals surface area contributed by atoms with E-state index in [1.54, 1.807) is 0 Å². The number of hydrogen-bond donors (Lipinski definition) is 3. The van der Waals surface area contributed by atoms with Gasteiger partial charge < -0.3 is 15.4 Å². The third-order valence-electron chi connectivity index (χ3n) is 4.73. The molecule has 0 atom stereocenters. The van der Waals surface area contributed by atoms with E-state index in [0.29, 0.717) is 12.8 Å². The first-order valence-electron chi connectivity index (χ1n) is 7.79. The standard InChI is InChI=1S/C17H20F2N2O2/c1-11-4-2-5-13-14(11)12(10-21-13)6-9-20-15(22)17(18,19)16(23)7-3-8-16/h2,4-5,10,21,23H,3,6-9H2,1H3,(H,20,22). The van der Waals surface area contributed by atoms with Crippen LogP contribution in [0.15, 0.2) is 24.4 Å². The number of hydrogen-bond acceptors (Lipinski definition) is 2. The molecule has 1 heterocycles. The van der Waals surface area contributed by atoms with E-state index >= 15 is 0 Å². The van der Waals surface area contributed by atoms with Crippen molar-refractivity contribution in [1.82, 2.24) is 10.3 Å². The molecular formula is C17H20F2N2O2. The summed E-state index contributed by atoms with van der Waals surface area (Å²) in [5.74, 6) is -5.13. The second-order valence-electron chi connectivity index (χ2n) is 6.28. The minimum absolute atomic E-state index is 0.0327. The molecule has 3 N–H and O–H groups in total. The summed E-state index contributed by atoms with van der Waals surface area (Å²) in [6.07, 6.45) is 2.74. The number of aryl methyl sites for hydroxylation is 1. The molecule has 0 unspecified atom stereocenters. The first-order valence-corrected chi connectivity index (χ1v) is 7.79. The maximum absolute atomic E-state index is 14.0. The van der Waals surface area contributed by atoms with Crippen molar-refractivity contribution in [3.63, 3.8) is 0 Å². The van der Waals surface area contributed by atoms with Gasteiger partial charge in [0.15, 0.2) is 0 Å². The van der Waals surface area contributed by atoms with Gasteiger partial charge in [0, 0.05) is 23.6 Å². The number of alkyl halides is 2. The van der Waals surface area contributed by atoms with Crippen LogP contribution in [0.2, 0.25) is 0 Å². The number of carbonyl (C=O) groups is 1. The molecule has 0 spiro atoms. The van der Waals surface area contributed by atoms with Crippen LogP contribution in [0.25, 0.3) is 10.9 Å². The van der Waals surface area contributed by atoms with Crippen LogP contribution in [0.1, 0.15) is 30.4 Å². The van der Waals surface area contributed by atoms with Gasteiger partial charge in [-0.15, -0.1) is 0 Å². The maximum atomic E-state index is 14.0. The van der Waals surface area contributed by atoms with E-state index in [9.17, 15) is 18.7 Å². The van der Waals surface area contributed by atoms with E-state index in [2.05, 4.69) is 10.3 Å². The number of aliphatic hydroxyl groups is 1. The molecule has 124 valence electrons. The van der Waals surface area contributed by atoms with Crippen LogP contribution in [0.5, 0.6) is 0 Å². The lowest BCUT2D eigenvalue weighted by atomic mass is 9.75. The molecule has 1 aliphatic rings. The fourth-order valence-electron chi connectivity index (χ4n) is 3.11. The molecule has 0 aliphatic heterocycles. The Balaban J connectivity index is 1.64. The van der Waals surface area contributed by atoms with E-state index in [-0.39, 0.29) is 19.4 Å². The average molecular weight is 322 g/mol.